The number of carbonyl (C=O) groups is 1. The molecule has 0 aliphatic carbocycles. The van der Waals surface area contributed by atoms with Crippen molar-refractivity contribution < 1.29 is 13.8 Å². The molecule has 0 unspecified atom stereocenters. The third-order valence-electron chi connectivity index (χ3n) is 3.40. The summed E-state index contributed by atoms with van der Waals surface area (Å²) >= 11 is 0. The Morgan fingerprint density at radius 2 is 1.50 bits per heavy atom. The molecule has 1 aromatic carbocycles. The fraction of sp³-hybridized carbons (Fsp3) is 0.0556. The summed E-state index contributed by atoms with van der Waals surface area (Å²) in [4.78, 5) is 16.1. The zero-order valence-electron chi connectivity index (χ0n) is 11.8. The largest absolute Gasteiger partial charge is 0.287 e. The molecule has 0 fully saturated rings. The van der Waals surface area contributed by atoms with Crippen LogP contribution in [-0.4, -0.2) is 10.8 Å². The van der Waals surface area contributed by atoms with Gasteiger partial charge < -0.3 is 0 Å². The van der Waals surface area contributed by atoms with Gasteiger partial charge in [0.25, 0.3) is 0 Å². The van der Waals surface area contributed by atoms with Crippen molar-refractivity contribution in [1.82, 2.24) is 4.98 Å². The maximum atomic E-state index is 12.9. The average molecular weight is 293 g/mol. The van der Waals surface area contributed by atoms with Crippen molar-refractivity contribution in [2.24, 2.45) is 0 Å². The van der Waals surface area contributed by atoms with Crippen LogP contribution in [0.15, 0.2) is 73.3 Å². The van der Waals surface area contributed by atoms with Gasteiger partial charge in [0.2, 0.25) is 12.3 Å². The number of carbonyl (C=O) groups excluding carboxylic acids is 1. The minimum atomic E-state index is -0.342. The Bertz CT molecular complexity index is 768. The highest BCUT2D eigenvalue weighted by molar-refractivity contribution is 5.94. The van der Waals surface area contributed by atoms with Crippen LogP contribution in [0.25, 0.3) is 11.1 Å². The molecule has 0 aliphatic heterocycles. The first-order valence-corrected chi connectivity index (χ1v) is 6.91. The van der Waals surface area contributed by atoms with Gasteiger partial charge >= 0.3 is 0 Å². The second-order valence-corrected chi connectivity index (χ2v) is 4.93. The van der Waals surface area contributed by atoms with E-state index >= 15 is 0 Å². The van der Waals surface area contributed by atoms with Crippen molar-refractivity contribution in [3.05, 3.63) is 84.7 Å². The standard InChI is InChI=1S/C18H14FN2O/c19-17-3-1-16(2-4-17)18(22)13-21-11-7-15(8-12-21)14-5-9-20-10-6-14/h1-12H,13H2/q+1. The lowest BCUT2D eigenvalue weighted by Gasteiger charge is -2.01. The fourth-order valence-electron chi connectivity index (χ4n) is 2.19. The molecular formula is C18H14FN2O+. The fourth-order valence-corrected chi connectivity index (χ4v) is 2.19. The summed E-state index contributed by atoms with van der Waals surface area (Å²) in [6.07, 6.45) is 7.21. The van der Waals surface area contributed by atoms with Crippen LogP contribution in [0.3, 0.4) is 0 Å². The van der Waals surface area contributed by atoms with E-state index in [9.17, 15) is 9.18 Å². The summed E-state index contributed by atoms with van der Waals surface area (Å²) in [5.74, 6) is -0.396. The Balaban J connectivity index is 1.73. The van der Waals surface area contributed by atoms with Crippen molar-refractivity contribution in [3.8, 4) is 11.1 Å². The molecule has 2 heterocycles. The zero-order valence-corrected chi connectivity index (χ0v) is 11.8. The first-order chi connectivity index (χ1) is 10.7. The number of benzene rings is 1. The predicted molar refractivity (Wildman–Crippen MR) is 80.6 cm³/mol. The number of aromatic nitrogens is 2. The molecule has 0 aliphatic rings. The van der Waals surface area contributed by atoms with E-state index in [0.29, 0.717) is 5.56 Å². The topological polar surface area (TPSA) is 33.8 Å². The van der Waals surface area contributed by atoms with E-state index in [4.69, 9.17) is 0 Å². The van der Waals surface area contributed by atoms with E-state index in [1.165, 1.54) is 24.3 Å². The van der Waals surface area contributed by atoms with Crippen LogP contribution in [0.2, 0.25) is 0 Å². The van der Waals surface area contributed by atoms with E-state index in [1.807, 2.05) is 36.7 Å². The summed E-state index contributed by atoms with van der Waals surface area (Å²) in [5, 5.41) is 0. The Kier molecular flexibility index (Phi) is 4.01. The zero-order chi connectivity index (χ0) is 15.4. The lowest BCUT2D eigenvalue weighted by atomic mass is 10.1. The summed E-state index contributed by atoms with van der Waals surface area (Å²) in [6, 6.07) is 13.4. The van der Waals surface area contributed by atoms with Crippen LogP contribution in [-0.2, 0) is 6.54 Å². The van der Waals surface area contributed by atoms with E-state index in [2.05, 4.69) is 4.98 Å². The first-order valence-electron chi connectivity index (χ1n) is 6.91. The highest BCUT2D eigenvalue weighted by Crippen LogP contribution is 2.15. The molecule has 3 rings (SSSR count). The van der Waals surface area contributed by atoms with Gasteiger partial charge in [-0.15, -0.1) is 0 Å². The second kappa shape index (κ2) is 6.26. The van der Waals surface area contributed by atoms with Gasteiger partial charge in [-0.2, -0.15) is 4.57 Å². The van der Waals surface area contributed by atoms with Crippen molar-refractivity contribution in [2.75, 3.05) is 0 Å². The second-order valence-electron chi connectivity index (χ2n) is 4.93. The van der Waals surface area contributed by atoms with Crippen LogP contribution in [0.1, 0.15) is 10.4 Å². The Morgan fingerprint density at radius 1 is 0.909 bits per heavy atom. The summed E-state index contributed by atoms with van der Waals surface area (Å²) in [6.45, 7) is 0.224. The molecule has 0 saturated heterocycles. The SMILES string of the molecule is O=C(C[n+]1ccc(-c2ccncc2)cc1)c1ccc(F)cc1. The van der Waals surface area contributed by atoms with E-state index < -0.39 is 0 Å². The Morgan fingerprint density at radius 3 is 2.14 bits per heavy atom. The molecule has 0 radical (unpaired) electrons. The number of hydrogen-bond acceptors (Lipinski definition) is 2. The van der Waals surface area contributed by atoms with Crippen LogP contribution >= 0.6 is 0 Å². The number of hydrogen-bond donors (Lipinski definition) is 0. The minimum Gasteiger partial charge on any atom is -0.287 e. The molecule has 3 aromatic rings. The van der Waals surface area contributed by atoms with Crippen LogP contribution in [0.4, 0.5) is 4.39 Å². The predicted octanol–water partition coefficient (Wildman–Crippen LogP) is 3.06. The van der Waals surface area contributed by atoms with E-state index in [0.717, 1.165) is 11.1 Å². The summed E-state index contributed by atoms with van der Waals surface area (Å²) in [5.41, 5.74) is 2.65. The maximum absolute atomic E-state index is 12.9. The maximum Gasteiger partial charge on any atom is 0.227 e. The highest BCUT2D eigenvalue weighted by Gasteiger charge is 2.12. The average Bonchev–Trinajstić information content (AvgIpc) is 2.57. The Hall–Kier alpha value is -2.88. The normalized spacial score (nSPS) is 10.4. The van der Waals surface area contributed by atoms with Gasteiger partial charge in [0.15, 0.2) is 12.4 Å². The third kappa shape index (κ3) is 3.23. The molecule has 2 aromatic heterocycles. The van der Waals surface area contributed by atoms with Crippen LogP contribution < -0.4 is 4.57 Å². The van der Waals surface area contributed by atoms with Crippen molar-refractivity contribution in [3.63, 3.8) is 0 Å². The molecular weight excluding hydrogens is 279 g/mol. The minimum absolute atomic E-state index is 0.0540. The number of pyridine rings is 2. The van der Waals surface area contributed by atoms with Crippen LogP contribution in [0.5, 0.6) is 0 Å². The number of nitrogens with zero attached hydrogens (tertiary/aromatic N) is 2. The number of halogens is 1. The van der Waals surface area contributed by atoms with Crippen molar-refractivity contribution >= 4 is 5.78 Å². The number of Topliss-reactive ketones (excluding diaryl/α,β-unsaturated/α-hetero) is 1. The van der Waals surface area contributed by atoms with Gasteiger partial charge in [-0.1, -0.05) is 0 Å². The Labute approximate surface area is 127 Å². The molecule has 0 amide bonds. The summed E-state index contributed by atoms with van der Waals surface area (Å²) < 4.78 is 14.7. The number of ketones is 1. The van der Waals surface area contributed by atoms with Crippen molar-refractivity contribution in [1.29, 1.82) is 0 Å². The van der Waals surface area contributed by atoms with E-state index in [-0.39, 0.29) is 18.1 Å². The smallest absolute Gasteiger partial charge is 0.227 e. The molecule has 0 atom stereocenters. The van der Waals surface area contributed by atoms with Gasteiger partial charge in [-0.25, -0.2) is 4.39 Å². The lowest BCUT2D eigenvalue weighted by molar-refractivity contribution is -0.683. The first kappa shape index (κ1) is 14.1. The molecule has 0 bridgehead atoms. The molecule has 0 N–H and O–H groups in total. The highest BCUT2D eigenvalue weighted by atomic mass is 19.1. The molecule has 0 saturated carbocycles. The van der Waals surface area contributed by atoms with Gasteiger partial charge in [-0.05, 0) is 47.5 Å². The lowest BCUT2D eigenvalue weighted by Crippen LogP contribution is -2.37. The molecule has 108 valence electrons. The van der Waals surface area contributed by atoms with Gasteiger partial charge in [0.05, 0.1) is 0 Å². The quantitative estimate of drug-likeness (QED) is 0.547. The van der Waals surface area contributed by atoms with Crippen molar-refractivity contribution in [2.45, 2.75) is 6.54 Å². The molecule has 22 heavy (non-hydrogen) atoms. The van der Waals surface area contributed by atoms with Gasteiger partial charge in [0, 0.05) is 30.1 Å². The molecule has 0 spiro atoms. The van der Waals surface area contributed by atoms with Gasteiger partial charge in [-0.3, -0.25) is 9.78 Å². The molecule has 4 heteroatoms. The molecule has 3 nitrogen and oxygen atoms in total. The van der Waals surface area contributed by atoms with E-state index in [1.54, 1.807) is 17.0 Å². The monoisotopic (exact) mass is 293 g/mol. The third-order valence-corrected chi connectivity index (χ3v) is 3.40. The number of rotatable bonds is 4. The summed E-state index contributed by atoms with van der Waals surface area (Å²) in [7, 11) is 0. The van der Waals surface area contributed by atoms with Crippen LogP contribution in [0, 0.1) is 5.82 Å². The van der Waals surface area contributed by atoms with Gasteiger partial charge in [0.1, 0.15) is 5.82 Å².